The van der Waals surface area contributed by atoms with Crippen molar-refractivity contribution in [3.05, 3.63) is 39.4 Å². The van der Waals surface area contributed by atoms with Gasteiger partial charge in [-0.25, -0.2) is 0 Å². The average molecular weight is 506 g/mol. The molecule has 37 heavy (non-hydrogen) atoms. The number of fused-ring (bicyclic) bond motifs is 9. The minimum Gasteiger partial charge on any atom is -0.504 e. The van der Waals surface area contributed by atoms with Gasteiger partial charge in [-0.05, 0) is 51.8 Å². The number of piperazine rings is 1. The van der Waals surface area contributed by atoms with Crippen LogP contribution in [-0.4, -0.2) is 60.0 Å². The van der Waals surface area contributed by atoms with Gasteiger partial charge in [0.2, 0.25) is 6.79 Å². The maximum Gasteiger partial charge on any atom is 0.308 e. The summed E-state index contributed by atoms with van der Waals surface area (Å²) in [5.74, 6) is 1.98. The number of aromatic hydroxyl groups is 1. The largest absolute Gasteiger partial charge is 0.504 e. The number of ether oxygens (including phenoxy) is 4. The number of hydrogen-bond acceptors (Lipinski definition) is 9. The Labute approximate surface area is 216 Å². The van der Waals surface area contributed by atoms with Crippen molar-refractivity contribution < 1.29 is 28.8 Å². The van der Waals surface area contributed by atoms with Gasteiger partial charge in [-0.2, -0.15) is 5.26 Å². The Balaban J connectivity index is 1.60. The highest BCUT2D eigenvalue weighted by molar-refractivity contribution is 5.74. The van der Waals surface area contributed by atoms with Gasteiger partial charge in [-0.3, -0.25) is 14.6 Å². The smallest absolute Gasteiger partial charge is 0.308 e. The van der Waals surface area contributed by atoms with Gasteiger partial charge < -0.3 is 24.1 Å². The summed E-state index contributed by atoms with van der Waals surface area (Å²) in [6.07, 6.45) is 1.15. The summed E-state index contributed by atoms with van der Waals surface area (Å²) < 4.78 is 23.1. The number of carbonyl (C=O) groups is 1. The van der Waals surface area contributed by atoms with Crippen LogP contribution in [0.4, 0.5) is 0 Å². The Kier molecular flexibility index (Phi) is 5.34. The van der Waals surface area contributed by atoms with E-state index in [9.17, 15) is 15.2 Å². The molecule has 2 aromatic rings. The minimum absolute atomic E-state index is 0.0569. The second-order valence-electron chi connectivity index (χ2n) is 10.5. The van der Waals surface area contributed by atoms with Crippen LogP contribution in [-0.2, 0) is 17.6 Å². The standard InChI is InChI=1S/C28H31N3O6/c1-12-7-16-8-18-20(10-29)31-14(3)21-17(26(37-15(4)32)13(2)27-28(21)36-11-35-27)9-19(31)23(30(18)5)22(16)24(33)25(12)34-6/h7,14,18-20,23,33H,8-9,11H2,1-6H3/t14-,18-,19?,20-,23+/m0/s1. The van der Waals surface area contributed by atoms with Crippen LogP contribution in [0.2, 0.25) is 0 Å². The molecule has 5 atom stereocenters. The third kappa shape index (κ3) is 3.12. The summed E-state index contributed by atoms with van der Waals surface area (Å²) in [5.41, 5.74) is 5.28. The minimum atomic E-state index is -0.407. The van der Waals surface area contributed by atoms with Crippen molar-refractivity contribution in [2.45, 2.75) is 70.7 Å². The lowest BCUT2D eigenvalue weighted by Crippen LogP contribution is -2.67. The van der Waals surface area contributed by atoms with Crippen LogP contribution >= 0.6 is 0 Å². The molecule has 1 N–H and O–H groups in total. The van der Waals surface area contributed by atoms with Crippen LogP contribution in [0.1, 0.15) is 59.3 Å². The quantitative estimate of drug-likeness (QED) is 0.485. The highest BCUT2D eigenvalue weighted by Crippen LogP contribution is 2.58. The van der Waals surface area contributed by atoms with E-state index in [1.54, 1.807) is 7.11 Å². The van der Waals surface area contributed by atoms with Crippen LogP contribution < -0.4 is 18.9 Å². The first kappa shape index (κ1) is 23.9. The summed E-state index contributed by atoms with van der Waals surface area (Å²) in [6.45, 7) is 7.36. The lowest BCUT2D eigenvalue weighted by molar-refractivity contribution is -0.132. The van der Waals surface area contributed by atoms with Crippen molar-refractivity contribution in [1.82, 2.24) is 9.80 Å². The maximum atomic E-state index is 12.1. The highest BCUT2D eigenvalue weighted by atomic mass is 16.7. The van der Waals surface area contributed by atoms with Gasteiger partial charge >= 0.3 is 5.97 Å². The van der Waals surface area contributed by atoms with Gasteiger partial charge in [0.05, 0.1) is 19.2 Å². The second kappa shape index (κ2) is 8.27. The van der Waals surface area contributed by atoms with Crippen LogP contribution in [0.15, 0.2) is 6.07 Å². The summed E-state index contributed by atoms with van der Waals surface area (Å²) in [6, 6.07) is 3.67. The molecule has 4 heterocycles. The monoisotopic (exact) mass is 505 g/mol. The van der Waals surface area contributed by atoms with E-state index in [0.29, 0.717) is 35.8 Å². The van der Waals surface area contributed by atoms with Crippen molar-refractivity contribution >= 4 is 5.97 Å². The Bertz CT molecular complexity index is 1380. The first-order chi connectivity index (χ1) is 17.7. The number of rotatable bonds is 2. The topological polar surface area (TPSA) is 104 Å². The van der Waals surface area contributed by atoms with Crippen molar-refractivity contribution in [1.29, 1.82) is 5.26 Å². The molecular formula is C28H31N3O6. The number of carbonyl (C=O) groups excluding carboxylic acids is 1. The molecule has 0 radical (unpaired) electrons. The fourth-order valence-electron chi connectivity index (χ4n) is 7.30. The zero-order valence-electron chi connectivity index (χ0n) is 21.9. The van der Waals surface area contributed by atoms with E-state index in [2.05, 4.69) is 28.9 Å². The van der Waals surface area contributed by atoms with Crippen LogP contribution in [0.5, 0.6) is 28.7 Å². The lowest BCUT2D eigenvalue weighted by atomic mass is 9.72. The third-order valence-electron chi connectivity index (χ3n) is 8.68. The average Bonchev–Trinajstić information content (AvgIpc) is 3.33. The number of phenols is 1. The first-order valence-electron chi connectivity index (χ1n) is 12.6. The van der Waals surface area contributed by atoms with Gasteiger partial charge in [0.1, 0.15) is 11.8 Å². The van der Waals surface area contributed by atoms with Gasteiger partial charge in [0, 0.05) is 47.3 Å². The molecular weight excluding hydrogens is 474 g/mol. The van der Waals surface area contributed by atoms with Gasteiger partial charge in [0.15, 0.2) is 23.0 Å². The fourth-order valence-corrected chi connectivity index (χ4v) is 7.30. The molecule has 6 rings (SSSR count). The van der Waals surface area contributed by atoms with Crippen molar-refractivity contribution in [3.8, 4) is 34.8 Å². The van der Waals surface area contributed by atoms with Crippen molar-refractivity contribution in [2.75, 3.05) is 21.0 Å². The zero-order chi connectivity index (χ0) is 26.3. The van der Waals surface area contributed by atoms with E-state index in [1.807, 2.05) is 20.9 Å². The van der Waals surface area contributed by atoms with Gasteiger partial charge in [0.25, 0.3) is 0 Å². The molecule has 194 valence electrons. The molecule has 0 saturated carbocycles. The second-order valence-corrected chi connectivity index (χ2v) is 10.5. The molecule has 0 aliphatic carbocycles. The Morgan fingerprint density at radius 2 is 1.89 bits per heavy atom. The first-order valence-corrected chi connectivity index (χ1v) is 12.6. The van der Waals surface area contributed by atoms with E-state index in [4.69, 9.17) is 18.9 Å². The summed E-state index contributed by atoms with van der Waals surface area (Å²) in [4.78, 5) is 16.6. The summed E-state index contributed by atoms with van der Waals surface area (Å²) in [7, 11) is 3.60. The number of esters is 1. The zero-order valence-corrected chi connectivity index (χ0v) is 21.9. The van der Waals surface area contributed by atoms with E-state index in [1.165, 1.54) is 6.92 Å². The predicted octanol–water partition coefficient (Wildman–Crippen LogP) is 3.46. The summed E-state index contributed by atoms with van der Waals surface area (Å²) >= 11 is 0. The molecule has 0 amide bonds. The van der Waals surface area contributed by atoms with E-state index >= 15 is 0 Å². The molecule has 0 aromatic heterocycles. The molecule has 9 nitrogen and oxygen atoms in total. The lowest BCUT2D eigenvalue weighted by Gasteiger charge is -2.59. The number of benzene rings is 2. The van der Waals surface area contributed by atoms with Gasteiger partial charge in [-0.15, -0.1) is 0 Å². The van der Waals surface area contributed by atoms with E-state index in [-0.39, 0.29) is 42.8 Å². The third-order valence-corrected chi connectivity index (χ3v) is 8.68. The maximum absolute atomic E-state index is 12.1. The molecule has 4 aliphatic rings. The molecule has 1 unspecified atom stereocenters. The predicted molar refractivity (Wildman–Crippen MR) is 133 cm³/mol. The van der Waals surface area contributed by atoms with Crippen LogP contribution in [0.3, 0.4) is 0 Å². The van der Waals surface area contributed by atoms with Gasteiger partial charge in [-0.1, -0.05) is 6.07 Å². The van der Waals surface area contributed by atoms with Crippen molar-refractivity contribution in [2.24, 2.45) is 0 Å². The number of nitrogens with zero attached hydrogens (tertiary/aromatic N) is 3. The Morgan fingerprint density at radius 3 is 2.57 bits per heavy atom. The van der Waals surface area contributed by atoms with Crippen molar-refractivity contribution in [3.63, 3.8) is 0 Å². The Morgan fingerprint density at radius 1 is 1.16 bits per heavy atom. The number of aryl methyl sites for hydroxylation is 1. The molecule has 0 spiro atoms. The van der Waals surface area contributed by atoms with Crippen LogP contribution in [0.25, 0.3) is 0 Å². The molecule has 1 fully saturated rings. The SMILES string of the molecule is COc1c(C)cc2c(c1O)[C@H]1C3Cc4c(OC(C)=O)c(C)c5c(c4[C@H](C)N3[C@@H](C#N)[C@H](C2)N1C)OCO5. The normalized spacial score (nSPS) is 27.5. The molecule has 9 heteroatoms. The van der Waals surface area contributed by atoms with E-state index < -0.39 is 5.97 Å². The number of likely N-dealkylation sites (N-methyl/N-ethyl adjacent to an activating group) is 1. The van der Waals surface area contributed by atoms with Crippen LogP contribution in [0, 0.1) is 25.2 Å². The molecule has 2 bridgehead atoms. The Hall–Kier alpha value is -3.48. The number of phenolic OH excluding ortho intramolecular Hbond substituents is 1. The highest BCUT2D eigenvalue weighted by Gasteiger charge is 2.56. The molecule has 2 aromatic carbocycles. The fraction of sp³-hybridized carbons (Fsp3) is 0.500. The molecule has 4 aliphatic heterocycles. The number of nitriles is 1. The summed E-state index contributed by atoms with van der Waals surface area (Å²) in [5, 5.41) is 21.9. The number of methoxy groups -OCH3 is 1. The molecule has 1 saturated heterocycles. The number of hydrogen-bond donors (Lipinski definition) is 1. The van der Waals surface area contributed by atoms with E-state index in [0.717, 1.165) is 33.4 Å².